The summed E-state index contributed by atoms with van der Waals surface area (Å²) in [6.07, 6.45) is 8.40. The number of para-hydroxylation sites is 2. The Morgan fingerprint density at radius 2 is 2.18 bits per heavy atom. The Morgan fingerprint density at radius 1 is 1.35 bits per heavy atom. The monoisotopic (exact) mass is 227 g/mol. The molecule has 0 aliphatic carbocycles. The first-order chi connectivity index (χ1) is 8.31. The van der Waals surface area contributed by atoms with Gasteiger partial charge >= 0.3 is 0 Å². The minimum Gasteiger partial charge on any atom is -0.268 e. The molecule has 4 nitrogen and oxygen atoms in total. The molecular formula is C13H13N3O. The minimum absolute atomic E-state index is 0.189. The largest absolute Gasteiger partial charge is 0.268 e. The number of aromatic nitrogens is 2. The minimum atomic E-state index is -0.189. The van der Waals surface area contributed by atoms with Crippen LogP contribution in [0.4, 0.5) is 0 Å². The van der Waals surface area contributed by atoms with Crippen molar-refractivity contribution in [2.24, 2.45) is 0 Å². The predicted molar refractivity (Wildman–Crippen MR) is 68.1 cm³/mol. The molecule has 1 aromatic heterocycles. The first-order valence-electron chi connectivity index (χ1n) is 5.33. The Bertz CT molecular complexity index is 581. The zero-order valence-electron chi connectivity index (χ0n) is 9.50. The number of imidazole rings is 1. The van der Waals surface area contributed by atoms with Crippen LogP contribution < -0.4 is 5.43 Å². The Hall–Kier alpha value is -2.36. The van der Waals surface area contributed by atoms with Crippen LogP contribution >= 0.6 is 0 Å². The van der Waals surface area contributed by atoms with Gasteiger partial charge in [-0.2, -0.15) is 0 Å². The number of fused-ring (bicyclic) bond motifs is 1. The van der Waals surface area contributed by atoms with Gasteiger partial charge in [0, 0.05) is 6.08 Å². The lowest BCUT2D eigenvalue weighted by Gasteiger charge is -2.03. The fraction of sp³-hybridized carbons (Fsp3) is 0.0769. The lowest BCUT2D eigenvalue weighted by atomic mass is 10.3. The Labute approximate surface area is 99.2 Å². The van der Waals surface area contributed by atoms with Crippen molar-refractivity contribution in [3.05, 3.63) is 54.9 Å². The molecular weight excluding hydrogens is 214 g/mol. The number of nitrogens with zero attached hydrogens (tertiary/aromatic N) is 2. The van der Waals surface area contributed by atoms with Crippen molar-refractivity contribution in [3.8, 4) is 0 Å². The molecule has 4 heteroatoms. The van der Waals surface area contributed by atoms with E-state index in [4.69, 9.17) is 0 Å². The molecule has 0 fully saturated rings. The van der Waals surface area contributed by atoms with Crippen molar-refractivity contribution in [1.82, 2.24) is 9.66 Å². The Kier molecular flexibility index (Phi) is 3.35. The molecule has 0 atom stereocenters. The topological polar surface area (TPSA) is 46.9 Å². The molecule has 1 amide bonds. The van der Waals surface area contributed by atoms with Gasteiger partial charge in [-0.3, -0.25) is 10.2 Å². The zero-order chi connectivity index (χ0) is 12.1. The fourth-order valence-corrected chi connectivity index (χ4v) is 1.46. The highest BCUT2D eigenvalue weighted by atomic mass is 16.2. The number of rotatable bonds is 3. The number of allylic oxidation sites excluding steroid dienone is 3. The molecule has 0 saturated heterocycles. The van der Waals surface area contributed by atoms with Crippen LogP contribution in [0.3, 0.4) is 0 Å². The van der Waals surface area contributed by atoms with Crippen LogP contribution in [-0.4, -0.2) is 15.6 Å². The van der Waals surface area contributed by atoms with Gasteiger partial charge in [-0.15, -0.1) is 0 Å². The summed E-state index contributed by atoms with van der Waals surface area (Å²) < 4.78 is 1.61. The summed E-state index contributed by atoms with van der Waals surface area (Å²) in [5, 5.41) is 0. The third kappa shape index (κ3) is 2.60. The van der Waals surface area contributed by atoms with Crippen LogP contribution in [0, 0.1) is 0 Å². The number of benzene rings is 1. The summed E-state index contributed by atoms with van der Waals surface area (Å²) in [5.41, 5.74) is 4.45. The molecule has 0 radical (unpaired) electrons. The molecule has 17 heavy (non-hydrogen) atoms. The maximum Gasteiger partial charge on any atom is 0.262 e. The van der Waals surface area contributed by atoms with Gasteiger partial charge in [0.25, 0.3) is 5.91 Å². The van der Waals surface area contributed by atoms with E-state index in [1.807, 2.05) is 37.3 Å². The van der Waals surface area contributed by atoms with E-state index in [-0.39, 0.29) is 5.91 Å². The van der Waals surface area contributed by atoms with Crippen LogP contribution in [-0.2, 0) is 4.79 Å². The molecule has 0 saturated carbocycles. The maximum atomic E-state index is 11.5. The molecule has 0 unspecified atom stereocenters. The van der Waals surface area contributed by atoms with Gasteiger partial charge in [0.05, 0.1) is 11.0 Å². The van der Waals surface area contributed by atoms with E-state index in [9.17, 15) is 4.79 Å². The second kappa shape index (κ2) is 5.12. The van der Waals surface area contributed by atoms with E-state index in [2.05, 4.69) is 10.4 Å². The summed E-state index contributed by atoms with van der Waals surface area (Å²) in [7, 11) is 0. The third-order valence-corrected chi connectivity index (χ3v) is 2.24. The second-order valence-electron chi connectivity index (χ2n) is 3.46. The van der Waals surface area contributed by atoms with Crippen molar-refractivity contribution in [3.63, 3.8) is 0 Å². The van der Waals surface area contributed by atoms with Gasteiger partial charge in [0.2, 0.25) is 0 Å². The molecule has 86 valence electrons. The van der Waals surface area contributed by atoms with Crippen molar-refractivity contribution in [2.45, 2.75) is 6.92 Å². The van der Waals surface area contributed by atoms with E-state index in [1.165, 1.54) is 6.08 Å². The van der Waals surface area contributed by atoms with Gasteiger partial charge in [-0.25, -0.2) is 9.66 Å². The predicted octanol–water partition coefficient (Wildman–Crippen LogP) is 2.24. The normalized spacial score (nSPS) is 11.6. The molecule has 0 aliphatic rings. The fourth-order valence-electron chi connectivity index (χ4n) is 1.46. The van der Waals surface area contributed by atoms with E-state index < -0.39 is 0 Å². The van der Waals surface area contributed by atoms with Crippen molar-refractivity contribution < 1.29 is 4.79 Å². The summed E-state index contributed by atoms with van der Waals surface area (Å²) in [6, 6.07) is 7.61. The Morgan fingerprint density at radius 3 is 3.00 bits per heavy atom. The molecule has 0 bridgehead atoms. The van der Waals surface area contributed by atoms with E-state index in [0.717, 1.165) is 11.0 Å². The highest BCUT2D eigenvalue weighted by Crippen LogP contribution is 2.09. The lowest BCUT2D eigenvalue weighted by molar-refractivity contribution is -0.112. The first-order valence-corrected chi connectivity index (χ1v) is 5.33. The lowest BCUT2D eigenvalue weighted by Crippen LogP contribution is -2.19. The number of carbonyl (C=O) groups is 1. The highest BCUT2D eigenvalue weighted by molar-refractivity contribution is 5.95. The van der Waals surface area contributed by atoms with Gasteiger partial charge in [-0.1, -0.05) is 30.4 Å². The molecule has 1 N–H and O–H groups in total. The van der Waals surface area contributed by atoms with Crippen LogP contribution in [0.25, 0.3) is 11.0 Å². The molecule has 1 heterocycles. The van der Waals surface area contributed by atoms with Crippen LogP contribution in [0.2, 0.25) is 0 Å². The average molecular weight is 227 g/mol. The van der Waals surface area contributed by atoms with Gasteiger partial charge in [-0.05, 0) is 19.1 Å². The van der Waals surface area contributed by atoms with E-state index in [0.29, 0.717) is 0 Å². The average Bonchev–Trinajstić information content (AvgIpc) is 2.73. The standard InChI is InChI=1S/C13H13N3O/c1-2-3-4-9-13(17)15-16-10-14-11-7-5-6-8-12(11)16/h2-10H,1H3,(H,15,17)/b3-2+,9-4+. The number of nitrogens with one attached hydrogen (secondary N) is 1. The third-order valence-electron chi connectivity index (χ3n) is 2.24. The van der Waals surface area contributed by atoms with Crippen molar-refractivity contribution in [2.75, 3.05) is 5.43 Å². The smallest absolute Gasteiger partial charge is 0.262 e. The number of carbonyl (C=O) groups excluding carboxylic acids is 1. The SMILES string of the molecule is C/C=C/C=C/C(=O)Nn1cnc2ccccc21. The van der Waals surface area contributed by atoms with Crippen LogP contribution in [0.15, 0.2) is 54.9 Å². The summed E-state index contributed by atoms with van der Waals surface area (Å²) >= 11 is 0. The van der Waals surface area contributed by atoms with Gasteiger partial charge in [0.15, 0.2) is 0 Å². The molecule has 2 rings (SSSR count). The van der Waals surface area contributed by atoms with Crippen LogP contribution in [0.5, 0.6) is 0 Å². The highest BCUT2D eigenvalue weighted by Gasteiger charge is 2.02. The Balaban J connectivity index is 2.16. The zero-order valence-corrected chi connectivity index (χ0v) is 9.50. The quantitative estimate of drug-likeness (QED) is 0.645. The van der Waals surface area contributed by atoms with E-state index >= 15 is 0 Å². The first kappa shape index (κ1) is 11.1. The molecule has 0 spiro atoms. The molecule has 2 aromatic rings. The summed E-state index contributed by atoms with van der Waals surface area (Å²) in [5.74, 6) is -0.189. The van der Waals surface area contributed by atoms with Crippen LogP contribution in [0.1, 0.15) is 6.92 Å². The number of hydrogen-bond acceptors (Lipinski definition) is 2. The maximum absolute atomic E-state index is 11.5. The number of amides is 1. The van der Waals surface area contributed by atoms with Gasteiger partial charge < -0.3 is 0 Å². The van der Waals surface area contributed by atoms with Gasteiger partial charge in [0.1, 0.15) is 6.33 Å². The molecule has 0 aliphatic heterocycles. The second-order valence-corrected chi connectivity index (χ2v) is 3.46. The molecule has 1 aromatic carbocycles. The summed E-state index contributed by atoms with van der Waals surface area (Å²) in [6.45, 7) is 1.89. The van der Waals surface area contributed by atoms with E-state index in [1.54, 1.807) is 23.2 Å². The van der Waals surface area contributed by atoms with Crippen molar-refractivity contribution >= 4 is 16.9 Å². The number of hydrogen-bond donors (Lipinski definition) is 1. The van der Waals surface area contributed by atoms with Crippen molar-refractivity contribution in [1.29, 1.82) is 0 Å². The summed E-state index contributed by atoms with van der Waals surface area (Å²) in [4.78, 5) is 15.7.